The van der Waals surface area contributed by atoms with Crippen molar-refractivity contribution in [2.24, 2.45) is 0 Å². The van der Waals surface area contributed by atoms with Crippen LogP contribution in [-0.4, -0.2) is 22.1 Å². The van der Waals surface area contributed by atoms with Gasteiger partial charge in [0.2, 0.25) is 10.0 Å². The maximum absolute atomic E-state index is 13.9. The Hall–Kier alpha value is -1.97. The number of alkyl halides is 2. The minimum Gasteiger partial charge on any atom is -0.493 e. The fourth-order valence-electron chi connectivity index (χ4n) is 1.96. The highest BCUT2D eigenvalue weighted by Gasteiger charge is 2.21. The first kappa shape index (κ1) is 19.4. The third-order valence-corrected chi connectivity index (χ3v) is 4.83. The van der Waals surface area contributed by atoms with E-state index in [2.05, 4.69) is 9.46 Å². The highest BCUT2D eigenvalue weighted by atomic mass is 35.5. The topological polar surface area (TPSA) is 64.6 Å². The molecule has 5 nitrogen and oxygen atoms in total. The van der Waals surface area contributed by atoms with Gasteiger partial charge in [0, 0.05) is 6.54 Å². The van der Waals surface area contributed by atoms with Crippen LogP contribution in [-0.2, 0) is 16.6 Å². The summed E-state index contributed by atoms with van der Waals surface area (Å²) in [5.41, 5.74) is 0.393. The average Bonchev–Trinajstić information content (AvgIpc) is 2.55. The van der Waals surface area contributed by atoms with Gasteiger partial charge >= 0.3 is 6.61 Å². The maximum atomic E-state index is 13.9. The summed E-state index contributed by atoms with van der Waals surface area (Å²) in [5.74, 6) is -1.24. The number of halogens is 4. The summed E-state index contributed by atoms with van der Waals surface area (Å²) in [4.78, 5) is -0.593. The number of nitrogens with one attached hydrogen (secondary N) is 1. The van der Waals surface area contributed by atoms with Crippen LogP contribution < -0.4 is 14.2 Å². The van der Waals surface area contributed by atoms with E-state index in [1.54, 1.807) is 0 Å². The lowest BCUT2D eigenvalue weighted by Crippen LogP contribution is -2.24. The molecule has 0 spiro atoms. The van der Waals surface area contributed by atoms with Gasteiger partial charge < -0.3 is 9.47 Å². The molecule has 25 heavy (non-hydrogen) atoms. The van der Waals surface area contributed by atoms with Gasteiger partial charge in [-0.25, -0.2) is 17.5 Å². The second-order valence-electron chi connectivity index (χ2n) is 4.74. The van der Waals surface area contributed by atoms with Gasteiger partial charge in [-0.3, -0.25) is 0 Å². The van der Waals surface area contributed by atoms with Crippen LogP contribution in [0.5, 0.6) is 11.5 Å². The molecule has 2 aromatic carbocycles. The second-order valence-corrected chi connectivity index (χ2v) is 6.88. The van der Waals surface area contributed by atoms with Crippen molar-refractivity contribution in [2.45, 2.75) is 18.1 Å². The molecular weight excluding hydrogens is 383 g/mol. The van der Waals surface area contributed by atoms with E-state index in [9.17, 15) is 21.6 Å². The first-order valence-electron chi connectivity index (χ1n) is 6.80. The van der Waals surface area contributed by atoms with Crippen molar-refractivity contribution < 1.29 is 31.1 Å². The van der Waals surface area contributed by atoms with Crippen molar-refractivity contribution in [3.63, 3.8) is 0 Å². The Labute approximate surface area is 147 Å². The molecule has 2 rings (SSSR count). The summed E-state index contributed by atoms with van der Waals surface area (Å²) in [5, 5.41) is -0.321. The summed E-state index contributed by atoms with van der Waals surface area (Å²) in [6.07, 6.45) is 0. The molecule has 0 bridgehead atoms. The van der Waals surface area contributed by atoms with Crippen molar-refractivity contribution >= 4 is 21.6 Å². The van der Waals surface area contributed by atoms with Gasteiger partial charge in [0.25, 0.3) is 0 Å². The number of methoxy groups -OCH3 is 1. The van der Waals surface area contributed by atoms with E-state index >= 15 is 0 Å². The number of benzene rings is 2. The molecule has 0 unspecified atom stereocenters. The zero-order chi connectivity index (χ0) is 18.6. The molecule has 0 saturated carbocycles. The standard InChI is InChI=1S/C15H13ClF3NO4S/c1-23-12-7-9(5-6-11(12)24-15(18)19)8-20-25(21,22)13-4-2-3-10(16)14(13)17/h2-7,15,20H,8H2,1H3. The van der Waals surface area contributed by atoms with Gasteiger partial charge in [-0.1, -0.05) is 23.7 Å². The van der Waals surface area contributed by atoms with Crippen LogP contribution in [0.25, 0.3) is 0 Å². The Kier molecular flexibility index (Phi) is 6.15. The van der Waals surface area contributed by atoms with Crippen molar-refractivity contribution in [3.05, 3.63) is 52.8 Å². The zero-order valence-corrected chi connectivity index (χ0v) is 14.4. The average molecular weight is 396 g/mol. The Balaban J connectivity index is 2.19. The summed E-state index contributed by atoms with van der Waals surface area (Å²) < 4.78 is 74.2. The van der Waals surface area contributed by atoms with Crippen molar-refractivity contribution in [2.75, 3.05) is 7.11 Å². The summed E-state index contributed by atoms with van der Waals surface area (Å²) in [6, 6.07) is 7.52. The van der Waals surface area contributed by atoms with E-state index in [0.29, 0.717) is 5.56 Å². The van der Waals surface area contributed by atoms with Gasteiger partial charge in [-0.05, 0) is 29.8 Å². The molecule has 136 valence electrons. The first-order valence-corrected chi connectivity index (χ1v) is 8.66. The van der Waals surface area contributed by atoms with Crippen LogP contribution in [0.3, 0.4) is 0 Å². The SMILES string of the molecule is COc1cc(CNS(=O)(=O)c2cccc(Cl)c2F)ccc1OC(F)F. The molecule has 0 atom stereocenters. The van der Waals surface area contributed by atoms with E-state index in [1.165, 1.54) is 37.4 Å². The molecule has 0 aliphatic rings. The smallest absolute Gasteiger partial charge is 0.387 e. The van der Waals surface area contributed by atoms with Gasteiger partial charge in [0.05, 0.1) is 12.1 Å². The molecule has 0 aromatic heterocycles. The number of hydrogen-bond acceptors (Lipinski definition) is 4. The number of ether oxygens (including phenoxy) is 2. The fraction of sp³-hybridized carbons (Fsp3) is 0.200. The molecular formula is C15H13ClF3NO4S. The van der Waals surface area contributed by atoms with E-state index in [-0.39, 0.29) is 23.1 Å². The molecule has 2 aromatic rings. The summed E-state index contributed by atoms with van der Waals surface area (Å²) in [6.45, 7) is -3.25. The Morgan fingerprint density at radius 3 is 2.56 bits per heavy atom. The molecule has 0 radical (unpaired) electrons. The number of rotatable bonds is 7. The van der Waals surface area contributed by atoms with E-state index < -0.39 is 27.3 Å². The molecule has 0 saturated heterocycles. The first-order chi connectivity index (χ1) is 11.7. The normalized spacial score (nSPS) is 11.6. The minimum absolute atomic E-state index is 0.00549. The fourth-order valence-corrected chi connectivity index (χ4v) is 3.31. The predicted molar refractivity (Wildman–Crippen MR) is 85.1 cm³/mol. The lowest BCUT2D eigenvalue weighted by atomic mass is 10.2. The maximum Gasteiger partial charge on any atom is 0.387 e. The Bertz CT molecular complexity index is 862. The molecule has 0 aliphatic heterocycles. The van der Waals surface area contributed by atoms with Crippen LogP contribution in [0, 0.1) is 5.82 Å². The van der Waals surface area contributed by atoms with E-state index in [0.717, 1.165) is 6.07 Å². The molecule has 0 amide bonds. The molecule has 1 N–H and O–H groups in total. The summed E-state index contributed by atoms with van der Waals surface area (Å²) >= 11 is 5.58. The minimum atomic E-state index is -4.16. The Morgan fingerprint density at radius 1 is 1.20 bits per heavy atom. The van der Waals surface area contributed by atoms with Crippen molar-refractivity contribution in [1.29, 1.82) is 0 Å². The van der Waals surface area contributed by atoms with Gasteiger partial charge in [-0.2, -0.15) is 8.78 Å². The molecule has 0 heterocycles. The third-order valence-electron chi connectivity index (χ3n) is 3.12. The lowest BCUT2D eigenvalue weighted by molar-refractivity contribution is -0.0512. The van der Waals surface area contributed by atoms with E-state index in [4.69, 9.17) is 16.3 Å². The van der Waals surface area contributed by atoms with Crippen molar-refractivity contribution in [3.8, 4) is 11.5 Å². The van der Waals surface area contributed by atoms with Crippen LogP contribution in [0.15, 0.2) is 41.3 Å². The van der Waals surface area contributed by atoms with Crippen LogP contribution >= 0.6 is 11.6 Å². The van der Waals surface area contributed by atoms with Crippen LogP contribution in [0.2, 0.25) is 5.02 Å². The molecule has 0 fully saturated rings. The third kappa shape index (κ3) is 4.77. The predicted octanol–water partition coefficient (Wildman–Crippen LogP) is 3.57. The van der Waals surface area contributed by atoms with E-state index in [1.807, 2.05) is 0 Å². The summed E-state index contributed by atoms with van der Waals surface area (Å²) in [7, 11) is -2.91. The Morgan fingerprint density at radius 2 is 1.92 bits per heavy atom. The molecule has 0 aliphatic carbocycles. The van der Waals surface area contributed by atoms with Crippen molar-refractivity contribution in [1.82, 2.24) is 4.72 Å². The van der Waals surface area contributed by atoms with Crippen LogP contribution in [0.4, 0.5) is 13.2 Å². The second kappa shape index (κ2) is 7.94. The lowest BCUT2D eigenvalue weighted by Gasteiger charge is -2.12. The van der Waals surface area contributed by atoms with Gasteiger partial charge in [0.15, 0.2) is 17.3 Å². The number of sulfonamides is 1. The quantitative estimate of drug-likeness (QED) is 0.778. The van der Waals surface area contributed by atoms with Crippen LogP contribution in [0.1, 0.15) is 5.56 Å². The van der Waals surface area contributed by atoms with Gasteiger partial charge in [-0.15, -0.1) is 0 Å². The van der Waals surface area contributed by atoms with Gasteiger partial charge in [0.1, 0.15) is 4.90 Å². The highest BCUT2D eigenvalue weighted by molar-refractivity contribution is 7.89. The highest BCUT2D eigenvalue weighted by Crippen LogP contribution is 2.29. The number of hydrogen-bond donors (Lipinski definition) is 1. The monoisotopic (exact) mass is 395 g/mol. The largest absolute Gasteiger partial charge is 0.493 e. The molecule has 10 heteroatoms. The zero-order valence-electron chi connectivity index (χ0n) is 12.8.